The summed E-state index contributed by atoms with van der Waals surface area (Å²) in [5.41, 5.74) is 0. The molecule has 149 heavy (non-hydrogen) atoms. The summed E-state index contributed by atoms with van der Waals surface area (Å²) < 4.78 is 0. The van der Waals surface area contributed by atoms with Crippen LogP contribution < -0.4 is 0 Å². The summed E-state index contributed by atoms with van der Waals surface area (Å²) in [5.74, 6) is 0. The standard InChI is InChI=1S/B148P/c1-76-114(77(2)3)133(115(78(4)5)79(6)7)142(132(112(72)73)113(74)75)147(143(134(116(80(8)9)81(10)11)117(82(12)13)83(14)15)135(118(84(16)17)85(18)19)119(86(20)21)87(22)23)149(146(140(128(104(56)57)105(58)59)129(106(60)61)107(62)63)141(130(108(64)65)109(66)67)131(110(68)69)111(70)71)148(144(136(120(88(24)25)89(26)27)121(90(28)29)91(30)31)137(122(92(32)33)93(34)35)123(94(36)37)95(38)39)145(138(124(96(40)41)97(42)43)125(98(44)45)99(46)47)139(126(100(48)49)101(50)51)127(102(52)53)103(54)55. The van der Waals surface area contributed by atoms with Gasteiger partial charge in [-0.15, -0.1) is 0 Å². The van der Waals surface area contributed by atoms with Gasteiger partial charge in [0.25, 0.3) is 0 Å². The maximum atomic E-state index is 7.87. The van der Waals surface area contributed by atoms with Gasteiger partial charge < -0.3 is 0 Å². The fraction of sp³-hybridized carbons (Fsp3) is 0. The lowest BCUT2D eigenvalue weighted by atomic mass is 8.26. The van der Waals surface area contributed by atoms with Crippen LogP contribution in [0.2, 0.25) is 0 Å². The van der Waals surface area contributed by atoms with E-state index in [1.54, 1.807) is 0 Å². The quantitative estimate of drug-likeness (QED) is 0.0421. The second kappa shape index (κ2) is 73.7. The van der Waals surface area contributed by atoms with Gasteiger partial charge in [-0.2, -0.15) is 0 Å². The van der Waals surface area contributed by atoms with Crippen LogP contribution in [-0.4, -0.2) is 1050 Å². The van der Waals surface area contributed by atoms with Gasteiger partial charge in [-0.25, -0.2) is 0 Å². The molecule has 0 bridgehead atoms. The van der Waals surface area contributed by atoms with E-state index >= 15 is 0 Å². The Morgan fingerprint density at radius 2 is 0.148 bits per heavy atom. The maximum Gasteiger partial charge on any atom is 0.0527 e. The molecule has 0 aromatic heterocycles. The van der Waals surface area contributed by atoms with E-state index in [-0.39, 0.29) is 0 Å². The van der Waals surface area contributed by atoms with Gasteiger partial charge in [0.2, 0.25) is 0 Å². The molecule has 149 heteroatoms. The molecule has 1 atom stereocenters. The molecule has 0 aliphatic rings. The minimum Gasteiger partial charge on any atom is -0.253 e. The molecule has 0 aliphatic carbocycles. The highest BCUT2D eigenvalue weighted by molar-refractivity contribution is 8.66. The largest absolute Gasteiger partial charge is 0.253 e. The Morgan fingerprint density at radius 3 is 0.221 bits per heavy atom. The van der Waals surface area contributed by atoms with Crippen molar-refractivity contribution in [3.63, 3.8) is 0 Å². The van der Waals surface area contributed by atoms with Crippen LogP contribution in [0.15, 0.2) is 0 Å². The molecule has 0 rings (SSSR count). The van der Waals surface area contributed by atoms with Gasteiger partial charge >= 0.3 is 0 Å². The third-order valence-electron chi connectivity index (χ3n) is 31.6. The second-order valence-electron chi connectivity index (χ2n) is 41.9. The van der Waals surface area contributed by atoms with Gasteiger partial charge in [0.1, 0.15) is 0 Å². The number of rotatable bonds is 73. The molecule has 0 nitrogen and oxygen atoms in total. The van der Waals surface area contributed by atoms with Crippen molar-refractivity contribution in [2.45, 2.75) is 0 Å². The van der Waals surface area contributed by atoms with Crippen LogP contribution in [0.1, 0.15) is 0 Å². The van der Waals surface area contributed by atoms with Crippen LogP contribution >= 0.6 is 7.56 Å². The SMILES string of the molecule is [B][B]B(B([B])[B])B(B(B([B])[B])B([B])[B])B(B(B([B])[B])B([B])[B])B(B(B(B(B([B])[B])B([B])[B])B(B([B])[B])B([B])[B])B(B(B([B])[B])B([B])[B])B(B([B])[B])B([B])[B])P(B(B(B(B([B])[B])B([B])[B])B(B([B])[B])B([B])[B])B(B(B([B])[B])B([B])[B])B(B([B])[B])B([B])[B])B(B(B(B(B([B])[B])B([B])[B])B(B([B])[B])B([B])[B])B(B(B([B])[B])B([B])[B])B(B([B])[B])B([B])[B])B(B(B(B([B])[B])B([B])[B])B(B([B])[B])B([B])[B])B(B(B([B])[B])B([B])[B])B(B([B])[B])B([B])[B]. The van der Waals surface area contributed by atoms with Crippen LogP contribution in [0.5, 0.6) is 0 Å². The lowest BCUT2D eigenvalue weighted by Crippen LogP contribution is -2.98. The van der Waals surface area contributed by atoms with E-state index in [0.717, 1.165) is 7.06 Å². The topological polar surface area (TPSA) is 0 Å². The molecule has 0 saturated heterocycles. The predicted octanol–water partition coefficient (Wildman–Crippen LogP) is -55.5. The summed E-state index contributed by atoms with van der Waals surface area (Å²) in [6, 6.07) is 0. The van der Waals surface area contributed by atoms with Crippen molar-refractivity contribution in [3.05, 3.63) is 0 Å². The molecule has 0 aromatic rings. The van der Waals surface area contributed by atoms with Gasteiger partial charge in [-0.3, -0.25) is 7.56 Å². The lowest BCUT2D eigenvalue weighted by molar-refractivity contribution is 3.16. The third kappa shape index (κ3) is 42.7. The van der Waals surface area contributed by atoms with E-state index in [1.165, 1.54) is 0 Å². The molecule has 151 radical (unpaired) electrons. The van der Waals surface area contributed by atoms with E-state index in [4.69, 9.17) is 580 Å². The number of hydrogen-bond donors (Lipinski definition) is 0. The summed E-state index contributed by atoms with van der Waals surface area (Å²) in [5, 5.41) is 0. The lowest BCUT2D eigenvalue weighted by Gasteiger charge is -2.67. The average molecular weight is 1630 g/mol. The smallest absolute Gasteiger partial charge is 0.0527 e. The van der Waals surface area contributed by atoms with Crippen molar-refractivity contribution >= 4 is 1050 Å². The first-order valence-electron chi connectivity index (χ1n) is 49.1. The minimum atomic E-state index is -4.87. The molecule has 1 unspecified atom stereocenters. The first-order valence-corrected chi connectivity index (χ1v) is 50.7. The molecule has 0 N–H and O–H groups in total. The normalized spacial score (nSPS) is 10.1. The zero-order chi connectivity index (χ0) is 118. The monoisotopic (exact) mass is 1660 g/mol. The Kier molecular flexibility index (Phi) is 78.6. The molecular weight excluding hydrogens is 1630 g/mol. The highest BCUT2D eigenvalue weighted by Crippen LogP contribution is 2.55. The molecule has 0 saturated carbocycles. The van der Waals surface area contributed by atoms with Crippen molar-refractivity contribution in [2.24, 2.45) is 0 Å². The van der Waals surface area contributed by atoms with Gasteiger partial charge in [-0.1, -0.05) is 0 Å². The first kappa shape index (κ1) is 159. The summed E-state index contributed by atoms with van der Waals surface area (Å²) >= 11 is 0. The van der Waals surface area contributed by atoms with Crippen LogP contribution in [0.3, 0.4) is 0 Å². The average Bonchev–Trinajstić information content (AvgIpc) is 0.696. The Bertz CT molecular complexity index is 2660. The highest BCUT2D eigenvalue weighted by atomic mass is 31.1. The van der Waals surface area contributed by atoms with Gasteiger partial charge in [0, 0.05) is 1030 Å². The zero-order valence-corrected chi connectivity index (χ0v) is 86.8. The molecule has 0 heterocycles. The van der Waals surface area contributed by atoms with Crippen LogP contribution in [0, 0.1) is 0 Å². The molecule has 0 aliphatic heterocycles. The first-order chi connectivity index (χ1) is 67.8. The summed E-state index contributed by atoms with van der Waals surface area (Å²) in [4.78, 5) is 0. The van der Waals surface area contributed by atoms with Gasteiger partial charge in [0.05, 0.1) is 18.6 Å². The van der Waals surface area contributed by atoms with Crippen molar-refractivity contribution in [2.75, 3.05) is 0 Å². The maximum absolute atomic E-state index is 7.87. The van der Waals surface area contributed by atoms with Crippen molar-refractivity contribution in [3.8, 4) is 0 Å². The molecule has 0 amide bonds. The Balaban J connectivity index is 19.1. The minimum absolute atomic E-state index is 0.886. The Morgan fingerprint density at radius 1 is 0.0805 bits per heavy atom. The van der Waals surface area contributed by atoms with E-state index in [0.29, 0.717) is 0 Å². The van der Waals surface area contributed by atoms with Crippen LogP contribution in [0.4, 0.5) is 0 Å². The fourth-order valence-corrected chi connectivity index (χ4v) is 32.6. The highest BCUT2D eigenvalue weighted by Gasteiger charge is 2.73. The van der Waals surface area contributed by atoms with E-state index in [1.807, 2.05) is 0 Å². The predicted molar refractivity (Wildman–Crippen MR) is 859 cm³/mol. The number of hydrogen-bond acceptors (Lipinski definition) is 0. The van der Waals surface area contributed by atoms with Crippen molar-refractivity contribution in [1.29, 1.82) is 0 Å². The second-order valence-corrected chi connectivity index (χ2v) is 44.6. The summed E-state index contributed by atoms with van der Waals surface area (Å²) in [6.07, 6.45) is -169. The van der Waals surface area contributed by atoms with Gasteiger partial charge in [-0.05, 0) is 0 Å². The van der Waals surface area contributed by atoms with E-state index in [9.17, 15) is 0 Å². The fourth-order valence-electron chi connectivity index (χ4n) is 26.6. The molecule has 449 valence electrons. The Hall–Kier alpha value is 10.0. The Labute approximate surface area is 1040 Å². The third-order valence-corrected chi connectivity index (χ3v) is 35.8. The molecule has 0 aromatic carbocycles. The van der Waals surface area contributed by atoms with E-state index in [2.05, 4.69) is 0 Å². The van der Waals surface area contributed by atoms with Crippen LogP contribution in [-0.2, 0) is 0 Å². The summed E-state index contributed by atoms with van der Waals surface area (Å²) in [6.45, 7) is 0. The summed E-state index contributed by atoms with van der Waals surface area (Å²) in [7, 11) is 568. The zero-order valence-electron chi connectivity index (χ0n) is 85.9. The van der Waals surface area contributed by atoms with Crippen LogP contribution in [0.25, 0.3) is 0 Å². The molecule has 0 spiro atoms. The van der Waals surface area contributed by atoms with E-state index < -0.39 is 467 Å². The van der Waals surface area contributed by atoms with Crippen molar-refractivity contribution < 1.29 is 0 Å². The van der Waals surface area contributed by atoms with Gasteiger partial charge in [0.15, 0.2) is 0 Å². The van der Waals surface area contributed by atoms with Crippen molar-refractivity contribution in [1.82, 2.24) is 0 Å². The molecule has 0 fully saturated rings. The molecular formula is B148P.